The first-order valence-corrected chi connectivity index (χ1v) is 7.13. The molecular formula is C13H26ClNO. The minimum atomic E-state index is 0.188. The van der Waals surface area contributed by atoms with Crippen LogP contribution in [0, 0.1) is 0 Å². The number of halogens is 1. The minimum Gasteiger partial charge on any atom is -0.353 e. The summed E-state index contributed by atoms with van der Waals surface area (Å²) in [6.45, 7) is 4.28. The van der Waals surface area contributed by atoms with Gasteiger partial charge in [0.25, 0.3) is 0 Å². The van der Waals surface area contributed by atoms with E-state index in [4.69, 9.17) is 11.6 Å². The molecule has 2 nitrogen and oxygen atoms in total. The fraction of sp³-hybridized carbons (Fsp3) is 0.923. The third kappa shape index (κ3) is 9.02. The Morgan fingerprint density at radius 2 is 1.88 bits per heavy atom. The average molecular weight is 248 g/mol. The van der Waals surface area contributed by atoms with Crippen molar-refractivity contribution in [2.45, 2.75) is 71.3 Å². The second-order valence-electron chi connectivity index (χ2n) is 4.31. The fourth-order valence-corrected chi connectivity index (χ4v) is 1.96. The maximum Gasteiger partial charge on any atom is 0.220 e. The van der Waals surface area contributed by atoms with Gasteiger partial charge in [0.2, 0.25) is 5.91 Å². The zero-order chi connectivity index (χ0) is 12.2. The Morgan fingerprint density at radius 1 is 1.19 bits per heavy atom. The molecule has 0 aliphatic heterocycles. The highest BCUT2D eigenvalue weighted by atomic mass is 35.5. The zero-order valence-corrected chi connectivity index (χ0v) is 11.5. The van der Waals surface area contributed by atoms with E-state index >= 15 is 0 Å². The SMILES string of the molecule is CCCCCCCC(=O)NC(CC)CCCl. The molecule has 0 saturated heterocycles. The highest BCUT2D eigenvalue weighted by Crippen LogP contribution is 2.06. The average Bonchev–Trinajstić information content (AvgIpc) is 2.28. The topological polar surface area (TPSA) is 29.1 Å². The van der Waals surface area contributed by atoms with Gasteiger partial charge in [-0.05, 0) is 19.3 Å². The second kappa shape index (κ2) is 11.3. The number of hydrogen-bond donors (Lipinski definition) is 1. The Hall–Kier alpha value is -0.240. The summed E-state index contributed by atoms with van der Waals surface area (Å²) < 4.78 is 0. The number of carbonyl (C=O) groups excluding carboxylic acids is 1. The lowest BCUT2D eigenvalue weighted by Crippen LogP contribution is -2.34. The molecule has 0 bridgehead atoms. The predicted molar refractivity (Wildman–Crippen MR) is 70.9 cm³/mol. The monoisotopic (exact) mass is 247 g/mol. The number of rotatable bonds is 10. The Morgan fingerprint density at radius 3 is 2.44 bits per heavy atom. The van der Waals surface area contributed by atoms with Gasteiger partial charge >= 0.3 is 0 Å². The normalized spacial score (nSPS) is 12.4. The smallest absolute Gasteiger partial charge is 0.220 e. The van der Waals surface area contributed by atoms with E-state index in [1.54, 1.807) is 0 Å². The third-order valence-electron chi connectivity index (χ3n) is 2.82. The highest BCUT2D eigenvalue weighted by Gasteiger charge is 2.08. The molecule has 1 N–H and O–H groups in total. The molecular weight excluding hydrogens is 222 g/mol. The van der Waals surface area contributed by atoms with Crippen molar-refractivity contribution in [2.24, 2.45) is 0 Å². The molecule has 0 aromatic rings. The van der Waals surface area contributed by atoms with Crippen molar-refractivity contribution < 1.29 is 4.79 Å². The van der Waals surface area contributed by atoms with Gasteiger partial charge in [-0.15, -0.1) is 11.6 Å². The lowest BCUT2D eigenvalue weighted by atomic mass is 10.1. The van der Waals surface area contributed by atoms with Gasteiger partial charge in [-0.25, -0.2) is 0 Å². The van der Waals surface area contributed by atoms with E-state index in [2.05, 4.69) is 19.2 Å². The first-order valence-electron chi connectivity index (χ1n) is 6.59. The summed E-state index contributed by atoms with van der Waals surface area (Å²) in [4.78, 5) is 11.6. The molecule has 0 radical (unpaired) electrons. The Balaban J connectivity index is 3.48. The minimum absolute atomic E-state index is 0.188. The number of nitrogens with one attached hydrogen (secondary N) is 1. The van der Waals surface area contributed by atoms with E-state index in [-0.39, 0.29) is 11.9 Å². The number of amides is 1. The number of unbranched alkanes of at least 4 members (excludes halogenated alkanes) is 4. The molecule has 0 aromatic heterocycles. The van der Waals surface area contributed by atoms with Gasteiger partial charge in [0.15, 0.2) is 0 Å². The molecule has 0 aliphatic rings. The van der Waals surface area contributed by atoms with Crippen LogP contribution in [0.15, 0.2) is 0 Å². The lowest BCUT2D eigenvalue weighted by Gasteiger charge is -2.15. The third-order valence-corrected chi connectivity index (χ3v) is 3.04. The summed E-state index contributed by atoms with van der Waals surface area (Å²) in [5.41, 5.74) is 0. The van der Waals surface area contributed by atoms with Gasteiger partial charge < -0.3 is 5.32 Å². The van der Waals surface area contributed by atoms with E-state index < -0.39 is 0 Å². The van der Waals surface area contributed by atoms with Crippen molar-refractivity contribution in [2.75, 3.05) is 5.88 Å². The molecule has 0 fully saturated rings. The quantitative estimate of drug-likeness (QED) is 0.461. The van der Waals surface area contributed by atoms with Crippen LogP contribution in [0.2, 0.25) is 0 Å². The van der Waals surface area contributed by atoms with E-state index in [1.165, 1.54) is 25.7 Å². The first kappa shape index (κ1) is 15.8. The van der Waals surface area contributed by atoms with Crippen LogP contribution in [-0.2, 0) is 4.79 Å². The van der Waals surface area contributed by atoms with Gasteiger partial charge in [-0.3, -0.25) is 4.79 Å². The Kier molecular flexibility index (Phi) is 11.1. The van der Waals surface area contributed by atoms with Crippen LogP contribution in [0.1, 0.15) is 65.2 Å². The standard InChI is InChI=1S/C13H26ClNO/c1-3-5-6-7-8-9-13(16)15-12(4-2)10-11-14/h12H,3-11H2,1-2H3,(H,15,16). The van der Waals surface area contributed by atoms with E-state index in [1.807, 2.05) is 0 Å². The van der Waals surface area contributed by atoms with Gasteiger partial charge in [0, 0.05) is 18.3 Å². The van der Waals surface area contributed by atoms with Crippen LogP contribution in [-0.4, -0.2) is 17.8 Å². The molecule has 3 heteroatoms. The summed E-state index contributed by atoms with van der Waals surface area (Å²) in [6, 6.07) is 0.264. The number of alkyl halides is 1. The van der Waals surface area contributed by atoms with Crippen molar-refractivity contribution in [3.05, 3.63) is 0 Å². The van der Waals surface area contributed by atoms with Crippen molar-refractivity contribution in [3.63, 3.8) is 0 Å². The van der Waals surface area contributed by atoms with E-state index in [9.17, 15) is 4.79 Å². The van der Waals surface area contributed by atoms with Crippen LogP contribution in [0.25, 0.3) is 0 Å². The first-order chi connectivity index (χ1) is 7.74. The van der Waals surface area contributed by atoms with E-state index in [0.717, 1.165) is 19.3 Å². The molecule has 0 aliphatic carbocycles. The fourth-order valence-electron chi connectivity index (χ4n) is 1.70. The molecule has 1 unspecified atom stereocenters. The summed E-state index contributed by atoms with van der Waals surface area (Å²) >= 11 is 5.67. The van der Waals surface area contributed by atoms with Crippen LogP contribution < -0.4 is 5.32 Å². The molecule has 0 saturated carbocycles. The number of hydrogen-bond acceptors (Lipinski definition) is 1. The van der Waals surface area contributed by atoms with Crippen LogP contribution >= 0.6 is 11.6 Å². The maximum atomic E-state index is 11.6. The van der Waals surface area contributed by atoms with Crippen molar-refractivity contribution in [3.8, 4) is 0 Å². The molecule has 96 valence electrons. The summed E-state index contributed by atoms with van der Waals surface area (Å²) in [5.74, 6) is 0.809. The van der Waals surface area contributed by atoms with Crippen molar-refractivity contribution >= 4 is 17.5 Å². The summed E-state index contributed by atoms with van der Waals surface area (Å²) in [6.07, 6.45) is 8.49. The van der Waals surface area contributed by atoms with Gasteiger partial charge in [0.1, 0.15) is 0 Å². The Bertz CT molecular complexity index is 173. The lowest BCUT2D eigenvalue weighted by molar-refractivity contribution is -0.121. The highest BCUT2D eigenvalue weighted by molar-refractivity contribution is 6.17. The van der Waals surface area contributed by atoms with Crippen molar-refractivity contribution in [1.82, 2.24) is 5.32 Å². The molecule has 0 spiro atoms. The van der Waals surface area contributed by atoms with Crippen LogP contribution in [0.4, 0.5) is 0 Å². The summed E-state index contributed by atoms with van der Waals surface area (Å²) in [5, 5.41) is 3.04. The zero-order valence-electron chi connectivity index (χ0n) is 10.7. The number of carbonyl (C=O) groups is 1. The second-order valence-corrected chi connectivity index (χ2v) is 4.69. The predicted octanol–water partition coefficient (Wildman–Crippen LogP) is 3.87. The van der Waals surface area contributed by atoms with Gasteiger partial charge in [-0.2, -0.15) is 0 Å². The van der Waals surface area contributed by atoms with Crippen molar-refractivity contribution in [1.29, 1.82) is 0 Å². The molecule has 0 heterocycles. The van der Waals surface area contributed by atoms with Crippen LogP contribution in [0.5, 0.6) is 0 Å². The molecule has 0 rings (SSSR count). The summed E-state index contributed by atoms with van der Waals surface area (Å²) in [7, 11) is 0. The molecule has 1 amide bonds. The molecule has 0 aromatic carbocycles. The Labute approximate surface area is 105 Å². The maximum absolute atomic E-state index is 11.6. The van der Waals surface area contributed by atoms with Gasteiger partial charge in [0.05, 0.1) is 0 Å². The molecule has 16 heavy (non-hydrogen) atoms. The van der Waals surface area contributed by atoms with Crippen LogP contribution in [0.3, 0.4) is 0 Å². The van der Waals surface area contributed by atoms with E-state index in [0.29, 0.717) is 12.3 Å². The molecule has 1 atom stereocenters. The largest absolute Gasteiger partial charge is 0.353 e. The van der Waals surface area contributed by atoms with Gasteiger partial charge in [-0.1, -0.05) is 39.5 Å².